The van der Waals surface area contributed by atoms with Gasteiger partial charge in [-0.2, -0.15) is 0 Å². The molecule has 1 amide bonds. The minimum absolute atomic E-state index is 0.119. The van der Waals surface area contributed by atoms with E-state index >= 15 is 0 Å². The monoisotopic (exact) mass is 333 g/mol. The van der Waals surface area contributed by atoms with Crippen LogP contribution in [0.15, 0.2) is 18.2 Å². The van der Waals surface area contributed by atoms with Crippen molar-refractivity contribution in [2.24, 2.45) is 0 Å². The fourth-order valence-electron chi connectivity index (χ4n) is 3.13. The Balaban J connectivity index is 1.86. The standard InChI is InChI=1S/C18H25BFNO3/c1-17(2)18(3,4)24-19(23-17)14-10-13(11-15(20)12-14)16(22)21-8-6-5-7-9-21/h10-12H,5-9H2,1-4H3. The second-order valence-electron chi connectivity index (χ2n) is 7.71. The molecule has 4 nitrogen and oxygen atoms in total. The molecule has 0 N–H and O–H groups in total. The van der Waals surface area contributed by atoms with E-state index in [2.05, 4.69) is 0 Å². The van der Waals surface area contributed by atoms with Gasteiger partial charge in [-0.3, -0.25) is 4.79 Å². The molecule has 3 rings (SSSR count). The van der Waals surface area contributed by atoms with Crippen LogP contribution in [0.4, 0.5) is 4.39 Å². The van der Waals surface area contributed by atoms with Gasteiger partial charge >= 0.3 is 7.12 Å². The minimum atomic E-state index is -0.668. The number of hydrogen-bond acceptors (Lipinski definition) is 3. The molecular formula is C18H25BFNO3. The summed E-state index contributed by atoms with van der Waals surface area (Å²) in [5, 5.41) is 0. The molecule has 0 aromatic heterocycles. The quantitative estimate of drug-likeness (QED) is 0.781. The third kappa shape index (κ3) is 3.22. The van der Waals surface area contributed by atoms with E-state index in [0.717, 1.165) is 32.4 Å². The number of hydrogen-bond donors (Lipinski definition) is 0. The molecule has 2 saturated heterocycles. The van der Waals surface area contributed by atoms with E-state index in [1.165, 1.54) is 12.1 Å². The first-order valence-corrected chi connectivity index (χ1v) is 8.65. The Labute approximate surface area is 143 Å². The normalized spacial score (nSPS) is 22.7. The molecule has 1 aromatic rings. The van der Waals surface area contributed by atoms with E-state index in [1.807, 2.05) is 27.7 Å². The first kappa shape index (κ1) is 17.4. The predicted octanol–water partition coefficient (Wildman–Crippen LogP) is 2.75. The first-order chi connectivity index (χ1) is 11.2. The van der Waals surface area contributed by atoms with Gasteiger partial charge in [-0.1, -0.05) is 0 Å². The van der Waals surface area contributed by atoms with Crippen molar-refractivity contribution < 1.29 is 18.5 Å². The van der Waals surface area contributed by atoms with Gasteiger partial charge in [-0.25, -0.2) is 4.39 Å². The molecule has 0 radical (unpaired) electrons. The lowest BCUT2D eigenvalue weighted by molar-refractivity contribution is 0.00578. The molecule has 2 aliphatic heterocycles. The van der Waals surface area contributed by atoms with Crippen LogP contribution in [0.2, 0.25) is 0 Å². The average molecular weight is 333 g/mol. The van der Waals surface area contributed by atoms with E-state index in [4.69, 9.17) is 9.31 Å². The lowest BCUT2D eigenvalue weighted by Gasteiger charge is -2.32. The van der Waals surface area contributed by atoms with E-state index in [1.54, 1.807) is 11.0 Å². The zero-order chi connectivity index (χ0) is 17.5. The molecule has 0 bridgehead atoms. The molecule has 2 aliphatic rings. The van der Waals surface area contributed by atoms with Gasteiger partial charge in [-0.15, -0.1) is 0 Å². The molecular weight excluding hydrogens is 308 g/mol. The molecule has 2 heterocycles. The number of benzene rings is 1. The number of halogens is 1. The number of carbonyl (C=O) groups excluding carboxylic acids is 1. The highest BCUT2D eigenvalue weighted by Gasteiger charge is 2.51. The first-order valence-electron chi connectivity index (χ1n) is 8.65. The van der Waals surface area contributed by atoms with Crippen LogP contribution in [-0.4, -0.2) is 42.2 Å². The maximum atomic E-state index is 14.1. The Morgan fingerprint density at radius 1 is 1.04 bits per heavy atom. The summed E-state index contributed by atoms with van der Waals surface area (Å²) in [4.78, 5) is 14.4. The molecule has 24 heavy (non-hydrogen) atoms. The summed E-state index contributed by atoms with van der Waals surface area (Å²) in [6.07, 6.45) is 3.16. The summed E-state index contributed by atoms with van der Waals surface area (Å²) < 4.78 is 26.1. The van der Waals surface area contributed by atoms with Crippen molar-refractivity contribution in [1.29, 1.82) is 0 Å². The Morgan fingerprint density at radius 2 is 1.62 bits per heavy atom. The SMILES string of the molecule is CC1(C)OB(c2cc(F)cc(C(=O)N3CCCCC3)c2)OC1(C)C. The smallest absolute Gasteiger partial charge is 0.399 e. The van der Waals surface area contributed by atoms with Crippen LogP contribution in [0, 0.1) is 5.82 Å². The van der Waals surface area contributed by atoms with Gasteiger partial charge in [0, 0.05) is 18.7 Å². The lowest BCUT2D eigenvalue weighted by atomic mass is 9.78. The zero-order valence-corrected chi connectivity index (χ0v) is 14.9. The van der Waals surface area contributed by atoms with Crippen molar-refractivity contribution in [3.05, 3.63) is 29.6 Å². The third-order valence-corrected chi connectivity index (χ3v) is 5.34. The van der Waals surface area contributed by atoms with Crippen molar-refractivity contribution in [1.82, 2.24) is 4.90 Å². The van der Waals surface area contributed by atoms with Crippen LogP contribution < -0.4 is 5.46 Å². The van der Waals surface area contributed by atoms with E-state index in [0.29, 0.717) is 11.0 Å². The third-order valence-electron chi connectivity index (χ3n) is 5.34. The average Bonchev–Trinajstić information content (AvgIpc) is 2.75. The van der Waals surface area contributed by atoms with Gasteiger partial charge in [0.1, 0.15) is 5.82 Å². The second-order valence-corrected chi connectivity index (χ2v) is 7.71. The van der Waals surface area contributed by atoms with Gasteiger partial charge in [-0.05, 0) is 70.6 Å². The van der Waals surface area contributed by atoms with Crippen molar-refractivity contribution >= 4 is 18.5 Å². The Morgan fingerprint density at radius 3 is 2.21 bits per heavy atom. The Kier molecular flexibility index (Phi) is 4.47. The van der Waals surface area contributed by atoms with Crippen molar-refractivity contribution in [2.75, 3.05) is 13.1 Å². The largest absolute Gasteiger partial charge is 0.494 e. The Hall–Kier alpha value is -1.40. The van der Waals surface area contributed by atoms with Crippen molar-refractivity contribution in [3.8, 4) is 0 Å². The van der Waals surface area contributed by atoms with Crippen LogP contribution in [0.1, 0.15) is 57.3 Å². The van der Waals surface area contributed by atoms with Gasteiger partial charge in [0.2, 0.25) is 0 Å². The number of rotatable bonds is 2. The van der Waals surface area contributed by atoms with Gasteiger partial charge in [0.15, 0.2) is 0 Å². The molecule has 0 aliphatic carbocycles. The number of carbonyl (C=O) groups is 1. The molecule has 0 atom stereocenters. The molecule has 2 fully saturated rings. The van der Waals surface area contributed by atoms with E-state index in [9.17, 15) is 9.18 Å². The van der Waals surface area contributed by atoms with Crippen molar-refractivity contribution in [2.45, 2.75) is 58.2 Å². The number of piperidine rings is 1. The van der Waals surface area contributed by atoms with Crippen LogP contribution in [0.3, 0.4) is 0 Å². The fraction of sp³-hybridized carbons (Fsp3) is 0.611. The summed E-state index contributed by atoms with van der Waals surface area (Å²) in [5.41, 5.74) is -0.0854. The zero-order valence-electron chi connectivity index (χ0n) is 14.9. The molecule has 0 saturated carbocycles. The number of amides is 1. The lowest BCUT2D eigenvalue weighted by Crippen LogP contribution is -2.41. The fourth-order valence-corrected chi connectivity index (χ4v) is 3.13. The van der Waals surface area contributed by atoms with E-state index in [-0.39, 0.29) is 5.91 Å². The van der Waals surface area contributed by atoms with Crippen LogP contribution in [0.25, 0.3) is 0 Å². The molecule has 130 valence electrons. The summed E-state index contributed by atoms with van der Waals surface area (Å²) in [7, 11) is -0.668. The molecule has 0 spiro atoms. The Bertz CT molecular complexity index is 625. The number of nitrogens with zero attached hydrogens (tertiary/aromatic N) is 1. The topological polar surface area (TPSA) is 38.8 Å². The summed E-state index contributed by atoms with van der Waals surface area (Å²) in [6.45, 7) is 9.28. The van der Waals surface area contributed by atoms with Crippen LogP contribution >= 0.6 is 0 Å². The highest BCUT2D eigenvalue weighted by Crippen LogP contribution is 2.36. The molecule has 6 heteroatoms. The van der Waals surface area contributed by atoms with Crippen LogP contribution in [-0.2, 0) is 9.31 Å². The van der Waals surface area contributed by atoms with E-state index < -0.39 is 24.1 Å². The second kappa shape index (κ2) is 6.15. The molecule has 1 aromatic carbocycles. The van der Waals surface area contributed by atoms with Gasteiger partial charge in [0.05, 0.1) is 11.2 Å². The minimum Gasteiger partial charge on any atom is -0.399 e. The maximum Gasteiger partial charge on any atom is 0.494 e. The summed E-state index contributed by atoms with van der Waals surface area (Å²) >= 11 is 0. The van der Waals surface area contributed by atoms with Gasteiger partial charge < -0.3 is 14.2 Å². The highest BCUT2D eigenvalue weighted by atomic mass is 19.1. The molecule has 0 unspecified atom stereocenters. The number of likely N-dealkylation sites (tertiary alicyclic amines) is 1. The highest BCUT2D eigenvalue weighted by molar-refractivity contribution is 6.62. The predicted molar refractivity (Wildman–Crippen MR) is 91.9 cm³/mol. The summed E-state index contributed by atoms with van der Waals surface area (Å²) in [5.74, 6) is -0.561. The maximum absolute atomic E-state index is 14.1. The van der Waals surface area contributed by atoms with Crippen molar-refractivity contribution in [3.63, 3.8) is 0 Å². The van der Waals surface area contributed by atoms with Gasteiger partial charge in [0.25, 0.3) is 5.91 Å². The summed E-state index contributed by atoms with van der Waals surface area (Å²) in [6, 6.07) is 4.38. The van der Waals surface area contributed by atoms with Crippen LogP contribution in [0.5, 0.6) is 0 Å².